The van der Waals surface area contributed by atoms with Gasteiger partial charge in [-0.3, -0.25) is 19.5 Å². The lowest BCUT2D eigenvalue weighted by Crippen LogP contribution is -2.49. The number of benzene rings is 1. The lowest BCUT2D eigenvalue weighted by molar-refractivity contribution is -0.145. The second-order valence-corrected chi connectivity index (χ2v) is 10.1. The maximum Gasteiger partial charge on any atom is 0.417 e. The number of likely N-dealkylation sites (tertiary alicyclic amines) is 1. The van der Waals surface area contributed by atoms with Crippen LogP contribution in [-0.2, 0) is 40.0 Å². The third-order valence-electron chi connectivity index (χ3n) is 7.60. The van der Waals surface area contributed by atoms with E-state index in [1.807, 2.05) is 25.1 Å². The Morgan fingerprint density at radius 3 is 2.83 bits per heavy atom. The molecule has 0 aliphatic carbocycles. The molecule has 0 radical (unpaired) electrons. The Bertz CT molecular complexity index is 1200. The van der Waals surface area contributed by atoms with Crippen LogP contribution in [0.15, 0.2) is 30.5 Å². The Labute approximate surface area is 207 Å². The monoisotopic (exact) mass is 502 g/mol. The first-order chi connectivity index (χ1) is 17.1. The average Bonchev–Trinajstić information content (AvgIpc) is 3.38. The summed E-state index contributed by atoms with van der Waals surface area (Å²) in [4.78, 5) is 33.6. The molecule has 5 rings (SSSR count). The first kappa shape index (κ1) is 24.7. The number of rotatable bonds is 5. The van der Waals surface area contributed by atoms with Crippen LogP contribution < -0.4 is 5.32 Å². The fourth-order valence-corrected chi connectivity index (χ4v) is 5.64. The Morgan fingerprint density at radius 1 is 1.28 bits per heavy atom. The number of anilines is 1. The smallest absolute Gasteiger partial charge is 0.384 e. The van der Waals surface area contributed by atoms with Crippen molar-refractivity contribution in [2.24, 2.45) is 5.41 Å². The molecule has 1 N–H and O–H groups in total. The summed E-state index contributed by atoms with van der Waals surface area (Å²) >= 11 is 0. The lowest BCUT2D eigenvalue weighted by atomic mass is 9.85. The normalized spacial score (nSPS) is 24.0. The molecule has 2 unspecified atom stereocenters. The fourth-order valence-electron chi connectivity index (χ4n) is 5.64. The van der Waals surface area contributed by atoms with E-state index in [-0.39, 0.29) is 30.9 Å². The molecule has 36 heavy (non-hydrogen) atoms. The summed E-state index contributed by atoms with van der Waals surface area (Å²) in [5.74, 6) is -0.289. The minimum atomic E-state index is -4.48. The van der Waals surface area contributed by atoms with Crippen molar-refractivity contribution in [3.63, 3.8) is 0 Å². The molecule has 4 heterocycles. The minimum absolute atomic E-state index is 0.00584. The van der Waals surface area contributed by atoms with E-state index in [1.54, 1.807) is 12.0 Å². The van der Waals surface area contributed by atoms with E-state index in [0.717, 1.165) is 29.1 Å². The predicted molar refractivity (Wildman–Crippen MR) is 126 cm³/mol. The Morgan fingerprint density at radius 2 is 2.08 bits per heavy atom. The molecule has 7 nitrogen and oxygen atoms in total. The van der Waals surface area contributed by atoms with Crippen molar-refractivity contribution in [1.29, 1.82) is 0 Å². The van der Waals surface area contributed by atoms with Crippen molar-refractivity contribution in [3.05, 3.63) is 58.4 Å². The number of methoxy groups -OCH3 is 1. The van der Waals surface area contributed by atoms with Gasteiger partial charge in [-0.2, -0.15) is 13.2 Å². The van der Waals surface area contributed by atoms with Crippen LogP contribution in [0.5, 0.6) is 0 Å². The van der Waals surface area contributed by atoms with Crippen molar-refractivity contribution in [2.45, 2.75) is 44.9 Å². The second-order valence-electron chi connectivity index (χ2n) is 10.1. The zero-order valence-corrected chi connectivity index (χ0v) is 20.3. The number of fused-ring (bicyclic) bond motifs is 2. The largest absolute Gasteiger partial charge is 0.417 e. The van der Waals surface area contributed by atoms with Crippen molar-refractivity contribution < 1.29 is 27.5 Å². The molecule has 2 amide bonds. The number of nitrogens with zero attached hydrogens (tertiary/aromatic N) is 3. The maximum absolute atomic E-state index is 13.8. The van der Waals surface area contributed by atoms with E-state index in [1.165, 1.54) is 0 Å². The molecular formula is C26H29F3N4O3. The van der Waals surface area contributed by atoms with Gasteiger partial charge in [-0.15, -0.1) is 0 Å². The molecule has 2 aromatic rings. The van der Waals surface area contributed by atoms with Gasteiger partial charge in [0.25, 0.3) is 0 Å². The van der Waals surface area contributed by atoms with Gasteiger partial charge in [-0.05, 0) is 48.7 Å². The van der Waals surface area contributed by atoms with Crippen LogP contribution in [0, 0.1) is 5.41 Å². The van der Waals surface area contributed by atoms with Crippen LogP contribution >= 0.6 is 0 Å². The summed E-state index contributed by atoms with van der Waals surface area (Å²) in [5.41, 5.74) is 2.39. The van der Waals surface area contributed by atoms with E-state index < -0.39 is 17.2 Å². The van der Waals surface area contributed by atoms with Gasteiger partial charge in [0.1, 0.15) is 0 Å². The minimum Gasteiger partial charge on any atom is -0.384 e. The van der Waals surface area contributed by atoms with E-state index in [4.69, 9.17) is 4.74 Å². The Balaban J connectivity index is 1.31. The Hall–Kier alpha value is -2.98. The van der Waals surface area contributed by atoms with Crippen LogP contribution in [0.1, 0.15) is 47.2 Å². The zero-order valence-electron chi connectivity index (χ0n) is 20.3. The molecule has 0 saturated carbocycles. The van der Waals surface area contributed by atoms with Gasteiger partial charge >= 0.3 is 6.18 Å². The van der Waals surface area contributed by atoms with Crippen LogP contribution in [0.3, 0.4) is 0 Å². The van der Waals surface area contributed by atoms with E-state index in [0.29, 0.717) is 50.3 Å². The van der Waals surface area contributed by atoms with Crippen LogP contribution in [-0.4, -0.2) is 59.9 Å². The molecule has 1 aromatic carbocycles. The first-order valence-corrected chi connectivity index (χ1v) is 12.1. The highest BCUT2D eigenvalue weighted by atomic mass is 19.4. The number of nitrogens with one attached hydrogen (secondary N) is 1. The molecular weight excluding hydrogens is 473 g/mol. The summed E-state index contributed by atoms with van der Waals surface area (Å²) < 4.78 is 45.1. The van der Waals surface area contributed by atoms with Crippen LogP contribution in [0.4, 0.5) is 18.9 Å². The van der Waals surface area contributed by atoms with Gasteiger partial charge in [0.2, 0.25) is 11.8 Å². The molecule has 1 saturated heterocycles. The number of carbonyl (C=O) groups excluding carboxylic acids is 2. The quantitative estimate of drug-likeness (QED) is 0.677. The Kier molecular flexibility index (Phi) is 6.28. The summed E-state index contributed by atoms with van der Waals surface area (Å²) in [5, 5.41) is 2.88. The number of hydrogen-bond acceptors (Lipinski definition) is 5. The van der Waals surface area contributed by atoms with Crippen LogP contribution in [0.25, 0.3) is 0 Å². The van der Waals surface area contributed by atoms with E-state index in [2.05, 4.69) is 15.2 Å². The number of alkyl halides is 3. The third-order valence-corrected chi connectivity index (χ3v) is 7.60. The van der Waals surface area contributed by atoms with Crippen molar-refractivity contribution in [2.75, 3.05) is 38.7 Å². The summed E-state index contributed by atoms with van der Waals surface area (Å²) in [6.07, 6.45) is -2.59. The topological polar surface area (TPSA) is 74.8 Å². The highest BCUT2D eigenvalue weighted by Gasteiger charge is 2.47. The van der Waals surface area contributed by atoms with E-state index >= 15 is 0 Å². The lowest BCUT2D eigenvalue weighted by Gasteiger charge is -2.36. The number of carbonyl (C=O) groups is 2. The standard InChI is InChI=1S/C26H29F3N4O3/c1-16-20-9-17(3-4-22(20)31-23(16)34)12-32-8-6-25(14-32,15-36-2)24(35)33-7-5-21-18(13-33)10-19(11-30-21)26(27,28)29/h3-4,9-11,16H,5-8,12-15H2,1-2H3,(H,31,34). The van der Waals surface area contributed by atoms with Gasteiger partial charge in [-0.25, -0.2) is 0 Å². The number of aromatic nitrogens is 1. The predicted octanol–water partition coefficient (Wildman–Crippen LogP) is 3.58. The SMILES string of the molecule is COCC1(C(=O)N2CCc3ncc(C(F)(F)F)cc3C2)CCN(Cc2ccc3c(c2)C(C)C(=O)N3)C1. The number of amides is 2. The summed E-state index contributed by atoms with van der Waals surface area (Å²) in [7, 11) is 1.56. The van der Waals surface area contributed by atoms with Gasteiger partial charge < -0.3 is 15.0 Å². The number of ether oxygens (including phenoxy) is 1. The van der Waals surface area contributed by atoms with Gasteiger partial charge in [0.05, 0.1) is 23.5 Å². The number of hydrogen-bond donors (Lipinski definition) is 1. The van der Waals surface area contributed by atoms with Gasteiger partial charge in [-0.1, -0.05) is 12.1 Å². The zero-order chi connectivity index (χ0) is 25.7. The molecule has 1 fully saturated rings. The van der Waals surface area contributed by atoms with Crippen LogP contribution in [0.2, 0.25) is 0 Å². The molecule has 2 atom stereocenters. The second kappa shape index (κ2) is 9.15. The maximum atomic E-state index is 13.8. The molecule has 0 spiro atoms. The highest BCUT2D eigenvalue weighted by Crippen LogP contribution is 2.38. The first-order valence-electron chi connectivity index (χ1n) is 12.1. The molecule has 192 valence electrons. The fraction of sp³-hybridized carbons (Fsp3) is 0.500. The molecule has 10 heteroatoms. The number of pyridine rings is 1. The molecule has 3 aliphatic heterocycles. The third kappa shape index (κ3) is 4.48. The van der Waals surface area contributed by atoms with E-state index in [9.17, 15) is 22.8 Å². The average molecular weight is 503 g/mol. The van der Waals surface area contributed by atoms with Gasteiger partial charge in [0.15, 0.2) is 0 Å². The number of halogens is 3. The molecule has 3 aliphatic rings. The summed E-state index contributed by atoms with van der Waals surface area (Å²) in [6, 6.07) is 7.06. The van der Waals surface area contributed by atoms with Crippen molar-refractivity contribution in [3.8, 4) is 0 Å². The molecule has 1 aromatic heterocycles. The van der Waals surface area contributed by atoms with Crippen molar-refractivity contribution >= 4 is 17.5 Å². The highest BCUT2D eigenvalue weighted by molar-refractivity contribution is 6.02. The summed E-state index contributed by atoms with van der Waals surface area (Å²) in [6.45, 7) is 4.48. The van der Waals surface area contributed by atoms with Gasteiger partial charge in [0, 0.05) is 57.3 Å². The molecule has 0 bridgehead atoms. The van der Waals surface area contributed by atoms with Crippen molar-refractivity contribution in [1.82, 2.24) is 14.8 Å².